The molecular formula is C23H27N3O2S. The maximum absolute atomic E-state index is 5.85. The van der Waals surface area contributed by atoms with E-state index >= 15 is 0 Å². The summed E-state index contributed by atoms with van der Waals surface area (Å²) in [4.78, 5) is 9.62. The topological polar surface area (TPSA) is 37.8 Å². The van der Waals surface area contributed by atoms with Crippen molar-refractivity contribution < 1.29 is 9.47 Å². The van der Waals surface area contributed by atoms with Crippen LogP contribution in [0.4, 0.5) is 5.69 Å². The van der Waals surface area contributed by atoms with E-state index in [4.69, 9.17) is 14.5 Å². The third-order valence-electron chi connectivity index (χ3n) is 5.17. The lowest BCUT2D eigenvalue weighted by molar-refractivity contribution is 0.246. The van der Waals surface area contributed by atoms with Gasteiger partial charge in [0.1, 0.15) is 23.1 Å². The van der Waals surface area contributed by atoms with Crippen LogP contribution in [0.15, 0.2) is 53.9 Å². The molecule has 1 aromatic heterocycles. The zero-order valence-electron chi connectivity index (χ0n) is 17.0. The molecule has 152 valence electrons. The standard InChI is InChI=1S/C23H27N3O2S/c1-18-7-9-20(10-8-18)28-16-23-24-19(17-29-23)15-25-11-13-26(14-12-25)21-5-3-4-6-22(21)27-2/h3-10,17H,11-16H2,1-2H3. The summed E-state index contributed by atoms with van der Waals surface area (Å²) in [7, 11) is 1.73. The number of hydrogen-bond acceptors (Lipinski definition) is 6. The van der Waals surface area contributed by atoms with E-state index in [0.717, 1.165) is 54.9 Å². The van der Waals surface area contributed by atoms with Gasteiger partial charge in [-0.15, -0.1) is 11.3 Å². The van der Waals surface area contributed by atoms with Gasteiger partial charge < -0.3 is 14.4 Å². The van der Waals surface area contributed by atoms with E-state index in [-0.39, 0.29) is 0 Å². The maximum Gasteiger partial charge on any atom is 0.142 e. The number of aryl methyl sites for hydroxylation is 1. The number of piperazine rings is 1. The van der Waals surface area contributed by atoms with E-state index in [0.29, 0.717) is 6.61 Å². The number of methoxy groups -OCH3 is 1. The molecule has 5 nitrogen and oxygen atoms in total. The normalized spacial score (nSPS) is 14.8. The summed E-state index contributed by atoms with van der Waals surface area (Å²) in [5, 5.41) is 3.17. The highest BCUT2D eigenvalue weighted by Gasteiger charge is 2.20. The van der Waals surface area contributed by atoms with Crippen LogP contribution in [-0.4, -0.2) is 43.2 Å². The first kappa shape index (κ1) is 19.7. The number of hydrogen-bond donors (Lipinski definition) is 0. The first-order valence-corrected chi connectivity index (χ1v) is 10.8. The predicted molar refractivity (Wildman–Crippen MR) is 118 cm³/mol. The highest BCUT2D eigenvalue weighted by Crippen LogP contribution is 2.28. The van der Waals surface area contributed by atoms with Gasteiger partial charge in [-0.1, -0.05) is 29.8 Å². The number of anilines is 1. The third-order valence-corrected chi connectivity index (χ3v) is 6.04. The Morgan fingerprint density at radius 1 is 1.00 bits per heavy atom. The van der Waals surface area contributed by atoms with Crippen molar-refractivity contribution in [3.05, 3.63) is 70.2 Å². The Labute approximate surface area is 176 Å². The van der Waals surface area contributed by atoms with Gasteiger partial charge in [-0.25, -0.2) is 4.98 Å². The zero-order chi connectivity index (χ0) is 20.1. The van der Waals surface area contributed by atoms with Crippen LogP contribution in [0.2, 0.25) is 0 Å². The fourth-order valence-corrected chi connectivity index (χ4v) is 4.23. The summed E-state index contributed by atoms with van der Waals surface area (Å²) in [5.41, 5.74) is 3.54. The van der Waals surface area contributed by atoms with E-state index in [1.54, 1.807) is 18.4 Å². The monoisotopic (exact) mass is 409 g/mol. The van der Waals surface area contributed by atoms with Crippen LogP contribution < -0.4 is 14.4 Å². The molecule has 3 aromatic rings. The Morgan fingerprint density at radius 3 is 2.52 bits per heavy atom. The first-order valence-electron chi connectivity index (χ1n) is 9.94. The van der Waals surface area contributed by atoms with Crippen molar-refractivity contribution in [3.8, 4) is 11.5 Å². The van der Waals surface area contributed by atoms with Crippen molar-refractivity contribution in [1.29, 1.82) is 0 Å². The second kappa shape index (κ2) is 9.29. The number of aromatic nitrogens is 1. The van der Waals surface area contributed by atoms with Crippen molar-refractivity contribution in [2.24, 2.45) is 0 Å². The summed E-state index contributed by atoms with van der Waals surface area (Å²) in [5.74, 6) is 1.83. The smallest absolute Gasteiger partial charge is 0.142 e. The molecule has 29 heavy (non-hydrogen) atoms. The van der Waals surface area contributed by atoms with Crippen LogP contribution >= 0.6 is 11.3 Å². The van der Waals surface area contributed by atoms with Crippen molar-refractivity contribution in [3.63, 3.8) is 0 Å². The molecule has 2 aromatic carbocycles. The molecule has 0 N–H and O–H groups in total. The fourth-order valence-electron chi connectivity index (χ4n) is 3.53. The van der Waals surface area contributed by atoms with Crippen molar-refractivity contribution in [2.45, 2.75) is 20.1 Å². The molecule has 1 aliphatic rings. The second-order valence-electron chi connectivity index (χ2n) is 7.27. The minimum Gasteiger partial charge on any atom is -0.495 e. The molecule has 1 saturated heterocycles. The van der Waals surface area contributed by atoms with Crippen LogP contribution in [0.1, 0.15) is 16.3 Å². The summed E-state index contributed by atoms with van der Waals surface area (Å²) >= 11 is 1.67. The largest absolute Gasteiger partial charge is 0.495 e. The highest BCUT2D eigenvalue weighted by atomic mass is 32.1. The molecule has 6 heteroatoms. The number of benzene rings is 2. The van der Waals surface area contributed by atoms with E-state index in [2.05, 4.69) is 46.4 Å². The van der Waals surface area contributed by atoms with Gasteiger partial charge in [0.05, 0.1) is 18.5 Å². The molecule has 0 bridgehead atoms. The molecule has 0 unspecified atom stereocenters. The van der Waals surface area contributed by atoms with Crippen LogP contribution in [0.5, 0.6) is 11.5 Å². The van der Waals surface area contributed by atoms with E-state index < -0.39 is 0 Å². The van der Waals surface area contributed by atoms with Gasteiger partial charge in [-0.2, -0.15) is 0 Å². The summed E-state index contributed by atoms with van der Waals surface area (Å²) < 4.78 is 11.4. The van der Waals surface area contributed by atoms with Gasteiger partial charge in [0, 0.05) is 38.1 Å². The zero-order valence-corrected chi connectivity index (χ0v) is 17.8. The van der Waals surface area contributed by atoms with Crippen molar-refractivity contribution in [2.75, 3.05) is 38.2 Å². The van der Waals surface area contributed by atoms with Crippen molar-refractivity contribution >= 4 is 17.0 Å². The SMILES string of the molecule is COc1ccccc1N1CCN(Cc2csc(COc3ccc(C)cc3)n2)CC1. The summed E-state index contributed by atoms with van der Waals surface area (Å²) in [6.07, 6.45) is 0. The van der Waals surface area contributed by atoms with Gasteiger partial charge in [-0.3, -0.25) is 4.90 Å². The Hall–Kier alpha value is -2.57. The van der Waals surface area contributed by atoms with Gasteiger partial charge in [0.2, 0.25) is 0 Å². The molecule has 0 radical (unpaired) electrons. The predicted octanol–water partition coefficient (Wildman–Crippen LogP) is 4.36. The molecular weight excluding hydrogens is 382 g/mol. The van der Waals surface area contributed by atoms with E-state index in [1.165, 1.54) is 11.3 Å². The Kier molecular flexibility index (Phi) is 6.32. The Morgan fingerprint density at radius 2 is 1.76 bits per heavy atom. The third kappa shape index (κ3) is 5.08. The molecule has 4 rings (SSSR count). The molecule has 0 saturated carbocycles. The van der Waals surface area contributed by atoms with Gasteiger partial charge in [0.25, 0.3) is 0 Å². The van der Waals surface area contributed by atoms with Gasteiger partial charge in [-0.05, 0) is 31.2 Å². The van der Waals surface area contributed by atoms with E-state index in [1.807, 2.05) is 24.3 Å². The van der Waals surface area contributed by atoms with E-state index in [9.17, 15) is 0 Å². The molecule has 1 aliphatic heterocycles. The Bertz CT molecular complexity index is 918. The number of ether oxygens (including phenoxy) is 2. The van der Waals surface area contributed by atoms with Crippen molar-refractivity contribution in [1.82, 2.24) is 9.88 Å². The molecule has 0 atom stereocenters. The van der Waals surface area contributed by atoms with Gasteiger partial charge in [0.15, 0.2) is 0 Å². The molecule has 0 aliphatic carbocycles. The van der Waals surface area contributed by atoms with Crippen LogP contribution in [-0.2, 0) is 13.2 Å². The average molecular weight is 410 g/mol. The number of thiazole rings is 1. The van der Waals surface area contributed by atoms with Gasteiger partial charge >= 0.3 is 0 Å². The minimum absolute atomic E-state index is 0.523. The maximum atomic E-state index is 5.85. The lowest BCUT2D eigenvalue weighted by Crippen LogP contribution is -2.46. The minimum atomic E-state index is 0.523. The molecule has 0 spiro atoms. The quantitative estimate of drug-likeness (QED) is 0.580. The molecule has 2 heterocycles. The molecule has 1 fully saturated rings. The number of para-hydroxylation sites is 2. The first-order chi connectivity index (χ1) is 14.2. The van der Waals surface area contributed by atoms with Crippen LogP contribution in [0.25, 0.3) is 0 Å². The number of rotatable bonds is 7. The lowest BCUT2D eigenvalue weighted by Gasteiger charge is -2.36. The summed E-state index contributed by atoms with van der Waals surface area (Å²) in [6, 6.07) is 16.4. The lowest BCUT2D eigenvalue weighted by atomic mass is 10.2. The average Bonchev–Trinajstić information content (AvgIpc) is 3.21. The van der Waals surface area contributed by atoms with Crippen LogP contribution in [0.3, 0.4) is 0 Å². The van der Waals surface area contributed by atoms with Crippen LogP contribution in [0, 0.1) is 6.92 Å². The number of nitrogens with zero attached hydrogens (tertiary/aromatic N) is 3. The highest BCUT2D eigenvalue weighted by molar-refractivity contribution is 7.09. The fraction of sp³-hybridized carbons (Fsp3) is 0.348. The summed E-state index contributed by atoms with van der Waals surface area (Å²) in [6.45, 7) is 7.51. The second-order valence-corrected chi connectivity index (χ2v) is 8.21. The molecule has 0 amide bonds. The Balaban J connectivity index is 1.27.